The number of rotatable bonds is 5. The highest BCUT2D eigenvalue weighted by atomic mass is 35.5. The van der Waals surface area contributed by atoms with Gasteiger partial charge in [-0.05, 0) is 55.2 Å². The van der Waals surface area contributed by atoms with Gasteiger partial charge in [-0.3, -0.25) is 5.10 Å². The number of nitrogens with two attached hydrogens (primary N) is 2. The number of nitrogens with one attached hydrogen (secondary N) is 1. The van der Waals surface area contributed by atoms with E-state index in [4.69, 9.17) is 23.1 Å². The van der Waals surface area contributed by atoms with Crippen molar-refractivity contribution in [1.82, 2.24) is 20.2 Å². The zero-order valence-electron chi connectivity index (χ0n) is 14.6. The summed E-state index contributed by atoms with van der Waals surface area (Å²) >= 11 is 6.04. The lowest BCUT2D eigenvalue weighted by Crippen LogP contribution is -2.02. The predicted octanol–water partition coefficient (Wildman–Crippen LogP) is 4.01. The number of halogens is 1. The third kappa shape index (κ3) is 3.85. The molecule has 0 radical (unpaired) electrons. The topological polar surface area (TPSA) is 106 Å². The smallest absolute Gasteiger partial charge is 0.220 e. The monoisotopic (exact) mass is 378 g/mol. The van der Waals surface area contributed by atoms with Gasteiger partial charge < -0.3 is 11.5 Å². The number of benzene rings is 2. The Morgan fingerprint density at radius 3 is 2.70 bits per heavy atom. The van der Waals surface area contributed by atoms with Gasteiger partial charge in [-0.2, -0.15) is 5.10 Å². The summed E-state index contributed by atoms with van der Waals surface area (Å²) < 4.78 is 0. The summed E-state index contributed by atoms with van der Waals surface area (Å²) in [6.07, 6.45) is 2.69. The molecule has 0 atom stereocenters. The van der Waals surface area contributed by atoms with Crippen molar-refractivity contribution in [2.75, 3.05) is 11.5 Å². The first-order valence-corrected chi connectivity index (χ1v) is 9.08. The van der Waals surface area contributed by atoms with Crippen LogP contribution < -0.4 is 11.5 Å². The molecule has 0 aliphatic rings. The van der Waals surface area contributed by atoms with Gasteiger partial charge in [0.05, 0.1) is 11.2 Å². The number of anilines is 2. The third-order valence-corrected chi connectivity index (χ3v) is 4.71. The highest BCUT2D eigenvalue weighted by Gasteiger charge is 2.09. The molecule has 2 aromatic heterocycles. The molecule has 0 aliphatic heterocycles. The molecule has 0 saturated heterocycles. The van der Waals surface area contributed by atoms with Crippen LogP contribution in [-0.4, -0.2) is 20.2 Å². The molecule has 7 heteroatoms. The lowest BCUT2D eigenvalue weighted by Gasteiger charge is -2.07. The van der Waals surface area contributed by atoms with E-state index in [1.807, 2.05) is 42.5 Å². The van der Waals surface area contributed by atoms with E-state index in [0.717, 1.165) is 52.1 Å². The Morgan fingerprint density at radius 2 is 1.85 bits per heavy atom. The van der Waals surface area contributed by atoms with E-state index in [1.54, 1.807) is 0 Å². The van der Waals surface area contributed by atoms with Crippen LogP contribution in [0.25, 0.3) is 22.2 Å². The second-order valence-corrected chi connectivity index (χ2v) is 6.89. The van der Waals surface area contributed by atoms with Crippen molar-refractivity contribution in [3.8, 4) is 11.3 Å². The van der Waals surface area contributed by atoms with Crippen molar-refractivity contribution in [1.29, 1.82) is 0 Å². The SMILES string of the molecule is Nc1nc(CCCc2cccc(Cl)c2)cc(-c2ccc3c(N)n[nH]c3c2)n1. The molecule has 6 nitrogen and oxygen atoms in total. The summed E-state index contributed by atoms with van der Waals surface area (Å²) in [6.45, 7) is 0. The Labute approximate surface area is 161 Å². The molecule has 4 aromatic rings. The number of aryl methyl sites for hydroxylation is 2. The van der Waals surface area contributed by atoms with E-state index in [1.165, 1.54) is 5.56 Å². The Hall–Kier alpha value is -3.12. The van der Waals surface area contributed by atoms with Crippen molar-refractivity contribution < 1.29 is 0 Å². The van der Waals surface area contributed by atoms with Crippen LogP contribution >= 0.6 is 11.6 Å². The molecule has 2 heterocycles. The Kier molecular flexibility index (Phi) is 4.64. The molecule has 0 amide bonds. The second-order valence-electron chi connectivity index (χ2n) is 6.46. The van der Waals surface area contributed by atoms with Crippen LogP contribution in [0.1, 0.15) is 17.7 Å². The molecular weight excluding hydrogens is 360 g/mol. The van der Waals surface area contributed by atoms with Crippen LogP contribution in [0.3, 0.4) is 0 Å². The van der Waals surface area contributed by atoms with Crippen molar-refractivity contribution in [3.05, 3.63) is 64.8 Å². The molecule has 0 unspecified atom stereocenters. The molecule has 27 heavy (non-hydrogen) atoms. The van der Waals surface area contributed by atoms with Crippen LogP contribution in [0, 0.1) is 0 Å². The molecule has 0 spiro atoms. The molecule has 136 valence electrons. The molecule has 0 aliphatic carbocycles. The lowest BCUT2D eigenvalue weighted by molar-refractivity contribution is 0.797. The highest BCUT2D eigenvalue weighted by molar-refractivity contribution is 6.30. The first-order valence-electron chi connectivity index (χ1n) is 8.70. The lowest BCUT2D eigenvalue weighted by atomic mass is 10.0. The summed E-state index contributed by atoms with van der Waals surface area (Å²) in [4.78, 5) is 8.75. The average molecular weight is 379 g/mol. The average Bonchev–Trinajstić information content (AvgIpc) is 3.02. The first-order chi connectivity index (χ1) is 13.1. The molecule has 0 bridgehead atoms. The fourth-order valence-corrected chi connectivity index (χ4v) is 3.37. The van der Waals surface area contributed by atoms with E-state index < -0.39 is 0 Å². The minimum absolute atomic E-state index is 0.273. The quantitative estimate of drug-likeness (QED) is 0.486. The second kappa shape index (κ2) is 7.25. The number of aromatic amines is 1. The maximum Gasteiger partial charge on any atom is 0.220 e. The molecule has 0 saturated carbocycles. The van der Waals surface area contributed by atoms with E-state index in [2.05, 4.69) is 26.2 Å². The Balaban J connectivity index is 1.53. The number of fused-ring (bicyclic) bond motifs is 1. The summed E-state index contributed by atoms with van der Waals surface area (Å²) in [7, 11) is 0. The van der Waals surface area contributed by atoms with Gasteiger partial charge in [0, 0.05) is 21.7 Å². The summed E-state index contributed by atoms with van der Waals surface area (Å²) in [5, 5.41) is 8.60. The van der Waals surface area contributed by atoms with Crippen LogP contribution in [0.5, 0.6) is 0 Å². The van der Waals surface area contributed by atoms with E-state index in [0.29, 0.717) is 5.82 Å². The number of aromatic nitrogens is 4. The van der Waals surface area contributed by atoms with Gasteiger partial charge in [0.1, 0.15) is 0 Å². The summed E-state index contributed by atoms with van der Waals surface area (Å²) in [5.41, 5.74) is 16.5. The minimum atomic E-state index is 0.273. The third-order valence-electron chi connectivity index (χ3n) is 4.47. The number of hydrogen-bond acceptors (Lipinski definition) is 5. The zero-order valence-corrected chi connectivity index (χ0v) is 15.4. The Bertz CT molecular complexity index is 1100. The van der Waals surface area contributed by atoms with Crippen molar-refractivity contribution >= 4 is 34.3 Å². The fraction of sp³-hybridized carbons (Fsp3) is 0.150. The summed E-state index contributed by atoms with van der Waals surface area (Å²) in [5.74, 6) is 0.759. The first kappa shape index (κ1) is 17.3. The maximum atomic E-state index is 6.04. The molecule has 2 aromatic carbocycles. The summed E-state index contributed by atoms with van der Waals surface area (Å²) in [6, 6.07) is 15.8. The van der Waals surface area contributed by atoms with E-state index in [9.17, 15) is 0 Å². The molecular formula is C20H19ClN6. The molecule has 5 N–H and O–H groups in total. The van der Waals surface area contributed by atoms with Gasteiger partial charge in [-0.25, -0.2) is 9.97 Å². The predicted molar refractivity (Wildman–Crippen MR) is 109 cm³/mol. The molecule has 4 rings (SSSR count). The zero-order chi connectivity index (χ0) is 18.8. The van der Waals surface area contributed by atoms with Gasteiger partial charge in [-0.15, -0.1) is 0 Å². The van der Waals surface area contributed by atoms with Crippen molar-refractivity contribution in [3.63, 3.8) is 0 Å². The largest absolute Gasteiger partial charge is 0.382 e. The van der Waals surface area contributed by atoms with Crippen LogP contribution in [0.2, 0.25) is 5.02 Å². The highest BCUT2D eigenvalue weighted by Crippen LogP contribution is 2.25. The van der Waals surface area contributed by atoms with E-state index in [-0.39, 0.29) is 5.95 Å². The van der Waals surface area contributed by atoms with Gasteiger partial charge in [0.25, 0.3) is 0 Å². The minimum Gasteiger partial charge on any atom is -0.382 e. The van der Waals surface area contributed by atoms with Gasteiger partial charge >= 0.3 is 0 Å². The fourth-order valence-electron chi connectivity index (χ4n) is 3.16. The Morgan fingerprint density at radius 1 is 0.963 bits per heavy atom. The normalized spacial score (nSPS) is 11.1. The number of H-pyrrole nitrogens is 1. The van der Waals surface area contributed by atoms with Crippen molar-refractivity contribution in [2.45, 2.75) is 19.3 Å². The van der Waals surface area contributed by atoms with Gasteiger partial charge in [0.15, 0.2) is 5.82 Å². The van der Waals surface area contributed by atoms with Crippen LogP contribution in [0.15, 0.2) is 48.5 Å². The maximum absolute atomic E-state index is 6.04. The van der Waals surface area contributed by atoms with Gasteiger partial charge in [-0.1, -0.05) is 29.8 Å². The molecule has 0 fully saturated rings. The number of hydrogen-bond donors (Lipinski definition) is 3. The van der Waals surface area contributed by atoms with Crippen LogP contribution in [0.4, 0.5) is 11.8 Å². The number of nitrogen functional groups attached to an aromatic ring is 2. The number of nitrogens with zero attached hydrogens (tertiary/aromatic N) is 3. The standard InChI is InChI=1S/C20H19ClN6/c21-14-5-1-3-12(9-14)4-2-6-15-11-17(25-20(23)24-15)13-7-8-16-18(10-13)26-27-19(16)22/h1,3,5,7-11H,2,4,6H2,(H3,22,26,27)(H2,23,24,25). The van der Waals surface area contributed by atoms with Gasteiger partial charge in [0.2, 0.25) is 5.95 Å². The van der Waals surface area contributed by atoms with Crippen LogP contribution in [-0.2, 0) is 12.8 Å². The van der Waals surface area contributed by atoms with E-state index >= 15 is 0 Å². The van der Waals surface area contributed by atoms with Crippen molar-refractivity contribution in [2.24, 2.45) is 0 Å².